The van der Waals surface area contributed by atoms with Crippen LogP contribution in [0.1, 0.15) is 29.1 Å². The second kappa shape index (κ2) is 5.15. The second-order valence-electron chi connectivity index (χ2n) is 4.65. The van der Waals surface area contributed by atoms with Gasteiger partial charge in [-0.05, 0) is 19.9 Å². The molecule has 0 spiro atoms. The summed E-state index contributed by atoms with van der Waals surface area (Å²) in [5.74, 6) is 0. The van der Waals surface area contributed by atoms with Crippen molar-refractivity contribution in [1.29, 1.82) is 0 Å². The third-order valence-electron chi connectivity index (χ3n) is 3.39. The summed E-state index contributed by atoms with van der Waals surface area (Å²) in [5.41, 5.74) is 5.16. The average Bonchev–Trinajstić information content (AvgIpc) is 3.02. The molecule has 2 aromatic heterocycles. The largest absolute Gasteiger partial charge is 0.464 e. The molecular formula is C15H16N2OS. The molecule has 3 aromatic rings. The summed E-state index contributed by atoms with van der Waals surface area (Å²) < 4.78 is 5.58. The number of hydrogen-bond acceptors (Lipinski definition) is 4. The highest BCUT2D eigenvalue weighted by molar-refractivity contribution is 7.09. The van der Waals surface area contributed by atoms with Gasteiger partial charge in [0.1, 0.15) is 5.58 Å². The molecule has 0 radical (unpaired) electrons. The summed E-state index contributed by atoms with van der Waals surface area (Å²) in [6, 6.07) is 8.39. The van der Waals surface area contributed by atoms with Crippen LogP contribution in [0.4, 0.5) is 0 Å². The fourth-order valence-corrected chi connectivity index (χ4v) is 2.91. The van der Waals surface area contributed by atoms with E-state index in [4.69, 9.17) is 4.42 Å². The Kier molecular flexibility index (Phi) is 3.36. The number of nitrogens with zero attached hydrogens (tertiary/aromatic N) is 1. The van der Waals surface area contributed by atoms with Crippen LogP contribution in [0.15, 0.2) is 40.5 Å². The van der Waals surface area contributed by atoms with E-state index in [2.05, 4.69) is 23.3 Å². The standard InChI is InChI=1S/C15H16N2OS/c1-10(16-7-15-11(2)17-9-19-15)13-8-18-14-6-4-3-5-12(13)14/h3-6,8-10,16H,7H2,1-2H3/t10-/m1/s1. The van der Waals surface area contributed by atoms with E-state index in [9.17, 15) is 0 Å². The molecule has 0 aliphatic rings. The molecule has 0 bridgehead atoms. The molecule has 98 valence electrons. The van der Waals surface area contributed by atoms with Crippen LogP contribution in [0.25, 0.3) is 11.0 Å². The molecule has 0 amide bonds. The summed E-state index contributed by atoms with van der Waals surface area (Å²) >= 11 is 1.70. The maximum Gasteiger partial charge on any atom is 0.134 e. The first-order valence-corrected chi connectivity index (χ1v) is 7.22. The van der Waals surface area contributed by atoms with Crippen LogP contribution in [0.5, 0.6) is 0 Å². The van der Waals surface area contributed by atoms with Crippen LogP contribution in [0.2, 0.25) is 0 Å². The lowest BCUT2D eigenvalue weighted by Gasteiger charge is -2.12. The lowest BCUT2D eigenvalue weighted by atomic mass is 10.1. The van der Waals surface area contributed by atoms with Crippen molar-refractivity contribution in [2.45, 2.75) is 26.4 Å². The van der Waals surface area contributed by atoms with E-state index in [1.54, 1.807) is 11.3 Å². The van der Waals surface area contributed by atoms with E-state index in [1.165, 1.54) is 15.8 Å². The normalized spacial score (nSPS) is 12.9. The Hall–Kier alpha value is -1.65. The number of aromatic nitrogens is 1. The Bertz CT molecular complexity index is 686. The van der Waals surface area contributed by atoms with Crippen molar-refractivity contribution in [3.05, 3.63) is 52.2 Å². The minimum atomic E-state index is 0.255. The van der Waals surface area contributed by atoms with Crippen molar-refractivity contribution in [3.8, 4) is 0 Å². The number of rotatable bonds is 4. The molecule has 1 N–H and O–H groups in total. The molecule has 3 nitrogen and oxygen atoms in total. The topological polar surface area (TPSA) is 38.1 Å². The Morgan fingerprint density at radius 1 is 1.37 bits per heavy atom. The number of thiazole rings is 1. The van der Waals surface area contributed by atoms with Gasteiger partial charge in [0.25, 0.3) is 0 Å². The maximum absolute atomic E-state index is 5.58. The molecule has 19 heavy (non-hydrogen) atoms. The predicted molar refractivity (Wildman–Crippen MR) is 78.3 cm³/mol. The average molecular weight is 272 g/mol. The van der Waals surface area contributed by atoms with Crippen LogP contribution in [0, 0.1) is 6.92 Å². The number of aryl methyl sites for hydroxylation is 1. The summed E-state index contributed by atoms with van der Waals surface area (Å²) in [5, 5.41) is 4.71. The molecule has 3 rings (SSSR count). The summed E-state index contributed by atoms with van der Waals surface area (Å²) in [6.07, 6.45) is 1.85. The van der Waals surface area contributed by atoms with Gasteiger partial charge in [-0.2, -0.15) is 0 Å². The molecular weight excluding hydrogens is 256 g/mol. The fourth-order valence-electron chi connectivity index (χ4n) is 2.19. The third kappa shape index (κ3) is 2.41. The first-order valence-electron chi connectivity index (χ1n) is 6.34. The maximum atomic E-state index is 5.58. The van der Waals surface area contributed by atoms with Gasteiger partial charge in [-0.15, -0.1) is 11.3 Å². The Morgan fingerprint density at radius 3 is 3.00 bits per heavy atom. The van der Waals surface area contributed by atoms with Crippen molar-refractivity contribution >= 4 is 22.3 Å². The van der Waals surface area contributed by atoms with Crippen molar-refractivity contribution < 1.29 is 4.42 Å². The lowest BCUT2D eigenvalue weighted by Crippen LogP contribution is -2.17. The zero-order chi connectivity index (χ0) is 13.2. The van der Waals surface area contributed by atoms with Crippen LogP contribution < -0.4 is 5.32 Å². The molecule has 1 atom stereocenters. The SMILES string of the molecule is Cc1ncsc1CN[C@H](C)c1coc2ccccc12. The van der Waals surface area contributed by atoms with Crippen LogP contribution >= 0.6 is 11.3 Å². The van der Waals surface area contributed by atoms with E-state index < -0.39 is 0 Å². The van der Waals surface area contributed by atoms with Gasteiger partial charge in [0, 0.05) is 28.4 Å². The number of hydrogen-bond donors (Lipinski definition) is 1. The quantitative estimate of drug-likeness (QED) is 0.778. The van der Waals surface area contributed by atoms with Crippen molar-refractivity contribution in [3.63, 3.8) is 0 Å². The lowest BCUT2D eigenvalue weighted by molar-refractivity contribution is 0.556. The number of benzene rings is 1. The van der Waals surface area contributed by atoms with Gasteiger partial charge in [-0.1, -0.05) is 18.2 Å². The van der Waals surface area contributed by atoms with Gasteiger partial charge in [0.2, 0.25) is 0 Å². The molecule has 0 unspecified atom stereocenters. The summed E-state index contributed by atoms with van der Waals surface area (Å²) in [4.78, 5) is 5.56. The van der Waals surface area contributed by atoms with Gasteiger partial charge in [-0.25, -0.2) is 4.98 Å². The van der Waals surface area contributed by atoms with E-state index in [0.29, 0.717) is 0 Å². The minimum absolute atomic E-state index is 0.255. The molecule has 4 heteroatoms. The Balaban J connectivity index is 1.77. The van der Waals surface area contributed by atoms with Crippen molar-refractivity contribution in [2.24, 2.45) is 0 Å². The smallest absolute Gasteiger partial charge is 0.134 e. The van der Waals surface area contributed by atoms with Gasteiger partial charge in [-0.3, -0.25) is 0 Å². The highest BCUT2D eigenvalue weighted by atomic mass is 32.1. The van der Waals surface area contributed by atoms with E-state index >= 15 is 0 Å². The van der Waals surface area contributed by atoms with Crippen molar-refractivity contribution in [1.82, 2.24) is 10.3 Å². The molecule has 0 saturated carbocycles. The highest BCUT2D eigenvalue weighted by Gasteiger charge is 2.12. The summed E-state index contributed by atoms with van der Waals surface area (Å²) in [7, 11) is 0. The Morgan fingerprint density at radius 2 is 2.21 bits per heavy atom. The van der Waals surface area contributed by atoms with Crippen molar-refractivity contribution in [2.75, 3.05) is 0 Å². The molecule has 0 aliphatic carbocycles. The second-order valence-corrected chi connectivity index (χ2v) is 5.59. The zero-order valence-electron chi connectivity index (χ0n) is 11.0. The van der Waals surface area contributed by atoms with Crippen LogP contribution in [-0.4, -0.2) is 4.98 Å². The molecule has 0 fully saturated rings. The van der Waals surface area contributed by atoms with Crippen LogP contribution in [0.3, 0.4) is 0 Å². The predicted octanol–water partition coefficient (Wildman–Crippen LogP) is 4.05. The molecule has 2 heterocycles. The van der Waals surface area contributed by atoms with Gasteiger partial charge < -0.3 is 9.73 Å². The van der Waals surface area contributed by atoms with E-state index in [1.807, 2.05) is 36.9 Å². The first-order chi connectivity index (χ1) is 9.25. The number of fused-ring (bicyclic) bond motifs is 1. The number of nitrogens with one attached hydrogen (secondary N) is 1. The number of para-hydroxylation sites is 1. The highest BCUT2D eigenvalue weighted by Crippen LogP contribution is 2.26. The zero-order valence-corrected chi connectivity index (χ0v) is 11.8. The van der Waals surface area contributed by atoms with Gasteiger partial charge in [0.15, 0.2) is 0 Å². The number of furan rings is 1. The molecule has 1 aromatic carbocycles. The van der Waals surface area contributed by atoms with E-state index in [-0.39, 0.29) is 6.04 Å². The monoisotopic (exact) mass is 272 g/mol. The first kappa shape index (κ1) is 12.4. The third-order valence-corrected chi connectivity index (χ3v) is 4.33. The fraction of sp³-hybridized carbons (Fsp3) is 0.267. The minimum Gasteiger partial charge on any atom is -0.464 e. The van der Waals surface area contributed by atoms with E-state index in [0.717, 1.165) is 17.8 Å². The summed E-state index contributed by atoms with van der Waals surface area (Å²) in [6.45, 7) is 5.05. The molecule has 0 saturated heterocycles. The van der Waals surface area contributed by atoms with Gasteiger partial charge in [0.05, 0.1) is 17.5 Å². The molecule has 0 aliphatic heterocycles. The van der Waals surface area contributed by atoms with Crippen LogP contribution in [-0.2, 0) is 6.54 Å². The van der Waals surface area contributed by atoms with Gasteiger partial charge >= 0.3 is 0 Å². The Labute approximate surface area is 116 Å².